The number of halogens is 1. The van der Waals surface area contributed by atoms with Crippen LogP contribution in [0, 0.1) is 11.9 Å². The Morgan fingerprint density at radius 1 is 1.31 bits per heavy atom. The van der Waals surface area contributed by atoms with Crippen LogP contribution in [-0.2, 0) is 6.54 Å². The summed E-state index contributed by atoms with van der Waals surface area (Å²) >= 11 is 0. The zero-order valence-electron chi connectivity index (χ0n) is 9.40. The van der Waals surface area contributed by atoms with Crippen LogP contribution in [0.2, 0.25) is 0 Å². The second-order valence-corrected chi connectivity index (χ2v) is 5.03. The number of hydrogen-bond acceptors (Lipinski definition) is 2. The van der Waals surface area contributed by atoms with Gasteiger partial charge in [0.15, 0.2) is 0 Å². The average Bonchev–Trinajstić information content (AvgIpc) is 2.28. The number of aromatic nitrogens is 1. The van der Waals surface area contributed by atoms with Crippen molar-refractivity contribution >= 4 is 0 Å². The SMILES string of the molecule is Fc1ccc(CN2C[C@H]3CCCC[C@H]32)cn1. The quantitative estimate of drug-likeness (QED) is 0.712. The van der Waals surface area contributed by atoms with E-state index in [-0.39, 0.29) is 5.95 Å². The van der Waals surface area contributed by atoms with E-state index in [9.17, 15) is 4.39 Å². The molecule has 1 aromatic heterocycles. The maximum absolute atomic E-state index is 12.7. The highest BCUT2D eigenvalue weighted by atomic mass is 19.1. The minimum atomic E-state index is -0.386. The Hall–Kier alpha value is -0.960. The number of rotatable bonds is 2. The molecule has 0 N–H and O–H groups in total. The van der Waals surface area contributed by atoms with Crippen LogP contribution in [0.1, 0.15) is 31.2 Å². The van der Waals surface area contributed by atoms with Gasteiger partial charge in [-0.2, -0.15) is 4.39 Å². The van der Waals surface area contributed by atoms with Crippen LogP contribution in [0.4, 0.5) is 4.39 Å². The van der Waals surface area contributed by atoms with Crippen molar-refractivity contribution < 1.29 is 4.39 Å². The van der Waals surface area contributed by atoms with Crippen molar-refractivity contribution in [1.82, 2.24) is 9.88 Å². The summed E-state index contributed by atoms with van der Waals surface area (Å²) in [6.45, 7) is 2.16. The molecule has 2 heterocycles. The van der Waals surface area contributed by atoms with Gasteiger partial charge >= 0.3 is 0 Å². The number of likely N-dealkylation sites (tertiary alicyclic amines) is 1. The van der Waals surface area contributed by atoms with Gasteiger partial charge in [0.05, 0.1) is 0 Å². The van der Waals surface area contributed by atoms with Crippen LogP contribution in [0.3, 0.4) is 0 Å². The lowest BCUT2D eigenvalue weighted by atomic mass is 9.77. The first-order chi connectivity index (χ1) is 7.83. The minimum absolute atomic E-state index is 0.386. The Kier molecular flexibility index (Phi) is 2.64. The Bertz CT molecular complexity index is 363. The molecule has 1 saturated carbocycles. The number of nitrogens with zero attached hydrogens (tertiary/aromatic N) is 2. The molecule has 0 amide bonds. The lowest BCUT2D eigenvalue weighted by Crippen LogP contribution is -2.56. The van der Waals surface area contributed by atoms with Crippen LogP contribution < -0.4 is 0 Å². The van der Waals surface area contributed by atoms with Crippen molar-refractivity contribution in [2.75, 3.05) is 6.54 Å². The van der Waals surface area contributed by atoms with Crippen molar-refractivity contribution in [2.24, 2.45) is 5.92 Å². The van der Waals surface area contributed by atoms with Crippen LogP contribution >= 0.6 is 0 Å². The number of hydrogen-bond donors (Lipinski definition) is 0. The van der Waals surface area contributed by atoms with Crippen molar-refractivity contribution in [1.29, 1.82) is 0 Å². The van der Waals surface area contributed by atoms with Crippen molar-refractivity contribution in [2.45, 2.75) is 38.3 Å². The standard InChI is InChI=1S/C13H17FN2/c14-13-6-5-10(7-15-13)8-16-9-11-3-1-2-4-12(11)16/h5-7,11-12H,1-4,8-9H2/t11-,12-/m1/s1. The van der Waals surface area contributed by atoms with Gasteiger partial charge in [0, 0.05) is 25.3 Å². The van der Waals surface area contributed by atoms with Crippen LogP contribution in [0.15, 0.2) is 18.3 Å². The molecule has 3 rings (SSSR count). The topological polar surface area (TPSA) is 16.1 Å². The summed E-state index contributed by atoms with van der Waals surface area (Å²) in [6, 6.07) is 4.09. The fourth-order valence-electron chi connectivity index (χ4n) is 3.10. The van der Waals surface area contributed by atoms with E-state index < -0.39 is 0 Å². The highest BCUT2D eigenvalue weighted by Gasteiger charge is 2.39. The third kappa shape index (κ3) is 1.84. The largest absolute Gasteiger partial charge is 0.295 e. The molecular formula is C13H17FN2. The molecule has 0 spiro atoms. The van der Waals surface area contributed by atoms with Gasteiger partial charge in [0.2, 0.25) is 5.95 Å². The van der Waals surface area contributed by atoms with E-state index in [1.807, 2.05) is 6.07 Å². The van der Waals surface area contributed by atoms with E-state index in [0.717, 1.165) is 24.1 Å². The normalized spacial score (nSPS) is 29.6. The second-order valence-electron chi connectivity index (χ2n) is 5.03. The Morgan fingerprint density at radius 3 is 2.94 bits per heavy atom. The van der Waals surface area contributed by atoms with Crippen LogP contribution in [0.25, 0.3) is 0 Å². The molecule has 2 aliphatic rings. The molecule has 0 aromatic carbocycles. The third-order valence-electron chi connectivity index (χ3n) is 3.98. The summed E-state index contributed by atoms with van der Waals surface area (Å²) in [5.41, 5.74) is 1.13. The molecule has 2 nitrogen and oxygen atoms in total. The first-order valence-corrected chi connectivity index (χ1v) is 6.17. The Balaban J connectivity index is 1.61. The first kappa shape index (κ1) is 10.2. The first-order valence-electron chi connectivity index (χ1n) is 6.17. The summed E-state index contributed by atoms with van der Waals surface area (Å²) < 4.78 is 12.7. The Morgan fingerprint density at radius 2 is 2.19 bits per heavy atom. The fraction of sp³-hybridized carbons (Fsp3) is 0.615. The van der Waals surface area contributed by atoms with Crippen molar-refractivity contribution in [3.63, 3.8) is 0 Å². The van der Waals surface area contributed by atoms with Gasteiger partial charge in [-0.05, 0) is 30.4 Å². The number of fused-ring (bicyclic) bond motifs is 1. The molecule has 0 radical (unpaired) electrons. The molecular weight excluding hydrogens is 203 g/mol. The summed E-state index contributed by atoms with van der Waals surface area (Å²) in [4.78, 5) is 6.21. The highest BCUT2D eigenvalue weighted by molar-refractivity contribution is 5.11. The summed E-state index contributed by atoms with van der Waals surface area (Å²) in [5.74, 6) is 0.546. The third-order valence-corrected chi connectivity index (χ3v) is 3.98. The van der Waals surface area contributed by atoms with E-state index in [4.69, 9.17) is 0 Å². The molecule has 1 aromatic rings. The van der Waals surface area contributed by atoms with E-state index in [2.05, 4.69) is 9.88 Å². The lowest BCUT2D eigenvalue weighted by Gasteiger charge is -2.51. The fourth-order valence-corrected chi connectivity index (χ4v) is 3.10. The van der Waals surface area contributed by atoms with E-state index in [1.165, 1.54) is 38.3 Å². The zero-order chi connectivity index (χ0) is 11.0. The molecule has 86 valence electrons. The van der Waals surface area contributed by atoms with Gasteiger partial charge in [-0.15, -0.1) is 0 Å². The average molecular weight is 220 g/mol. The molecule has 1 aliphatic heterocycles. The van der Waals surface area contributed by atoms with Crippen molar-refractivity contribution in [3.05, 3.63) is 29.8 Å². The predicted octanol–water partition coefficient (Wildman–Crippen LogP) is 2.60. The van der Waals surface area contributed by atoms with Crippen molar-refractivity contribution in [3.8, 4) is 0 Å². The van der Waals surface area contributed by atoms with Gasteiger partial charge in [0.1, 0.15) is 0 Å². The molecule has 1 saturated heterocycles. The maximum atomic E-state index is 12.7. The molecule has 0 unspecified atom stereocenters. The number of pyridine rings is 1. The lowest BCUT2D eigenvalue weighted by molar-refractivity contribution is -0.0209. The molecule has 1 aliphatic carbocycles. The van der Waals surface area contributed by atoms with Gasteiger partial charge in [0.25, 0.3) is 0 Å². The monoisotopic (exact) mass is 220 g/mol. The predicted molar refractivity (Wildman–Crippen MR) is 60.4 cm³/mol. The minimum Gasteiger partial charge on any atom is -0.295 e. The van der Waals surface area contributed by atoms with Gasteiger partial charge in [-0.1, -0.05) is 18.9 Å². The van der Waals surface area contributed by atoms with E-state index in [1.54, 1.807) is 6.20 Å². The maximum Gasteiger partial charge on any atom is 0.212 e. The molecule has 0 bridgehead atoms. The van der Waals surface area contributed by atoms with Gasteiger partial charge in [-0.3, -0.25) is 4.90 Å². The smallest absolute Gasteiger partial charge is 0.212 e. The van der Waals surface area contributed by atoms with E-state index >= 15 is 0 Å². The molecule has 2 atom stereocenters. The highest BCUT2D eigenvalue weighted by Crippen LogP contribution is 2.37. The summed E-state index contributed by atoms with van der Waals surface area (Å²) in [5, 5.41) is 0. The van der Waals surface area contributed by atoms with Gasteiger partial charge in [-0.25, -0.2) is 4.98 Å². The second kappa shape index (κ2) is 4.13. The van der Waals surface area contributed by atoms with Gasteiger partial charge < -0.3 is 0 Å². The van der Waals surface area contributed by atoms with E-state index in [0.29, 0.717) is 0 Å². The zero-order valence-corrected chi connectivity index (χ0v) is 9.40. The molecule has 16 heavy (non-hydrogen) atoms. The summed E-state index contributed by atoms with van der Waals surface area (Å²) in [6.07, 6.45) is 7.19. The molecule has 2 fully saturated rings. The summed E-state index contributed by atoms with van der Waals surface area (Å²) in [7, 11) is 0. The molecule has 3 heteroatoms. The Labute approximate surface area is 95.5 Å². The van der Waals surface area contributed by atoms with Crippen LogP contribution in [0.5, 0.6) is 0 Å². The van der Waals surface area contributed by atoms with Crippen LogP contribution in [-0.4, -0.2) is 22.5 Å².